The van der Waals surface area contributed by atoms with Gasteiger partial charge in [-0.25, -0.2) is 4.79 Å². The molecule has 1 atom stereocenters. The maximum atomic E-state index is 12.1. The van der Waals surface area contributed by atoms with E-state index in [-0.39, 0.29) is 11.9 Å². The van der Waals surface area contributed by atoms with Crippen LogP contribution in [0.3, 0.4) is 0 Å². The standard InChI is InChI=1S/C13H24N4O2/c1-2-16(9-11-4-3-5-14-8-11)10-12(18)17-7-6-15-13(17)19/h11,14H,2-10H2,1H3,(H,15,19). The summed E-state index contributed by atoms with van der Waals surface area (Å²) >= 11 is 0. The summed E-state index contributed by atoms with van der Waals surface area (Å²) in [6.45, 7) is 7.41. The summed E-state index contributed by atoms with van der Waals surface area (Å²) < 4.78 is 0. The van der Waals surface area contributed by atoms with Crippen LogP contribution >= 0.6 is 0 Å². The van der Waals surface area contributed by atoms with Crippen LogP contribution < -0.4 is 10.6 Å². The molecule has 1 unspecified atom stereocenters. The molecule has 19 heavy (non-hydrogen) atoms. The van der Waals surface area contributed by atoms with E-state index >= 15 is 0 Å². The van der Waals surface area contributed by atoms with Crippen molar-refractivity contribution in [3.05, 3.63) is 0 Å². The molecule has 0 aliphatic carbocycles. The molecule has 0 bridgehead atoms. The molecule has 3 amide bonds. The molecule has 6 heteroatoms. The summed E-state index contributed by atoms with van der Waals surface area (Å²) in [4.78, 5) is 27.0. The van der Waals surface area contributed by atoms with Gasteiger partial charge in [-0.3, -0.25) is 14.6 Å². The van der Waals surface area contributed by atoms with Crippen LogP contribution in [0.2, 0.25) is 0 Å². The van der Waals surface area contributed by atoms with Gasteiger partial charge in [0.25, 0.3) is 0 Å². The van der Waals surface area contributed by atoms with Crippen LogP contribution in [0.25, 0.3) is 0 Å². The fourth-order valence-corrected chi connectivity index (χ4v) is 2.74. The molecule has 0 spiro atoms. The zero-order valence-electron chi connectivity index (χ0n) is 11.7. The van der Waals surface area contributed by atoms with Gasteiger partial charge in [0.05, 0.1) is 6.54 Å². The molecule has 0 saturated carbocycles. The molecule has 2 saturated heterocycles. The summed E-state index contributed by atoms with van der Waals surface area (Å²) in [5.41, 5.74) is 0. The monoisotopic (exact) mass is 268 g/mol. The van der Waals surface area contributed by atoms with Crippen LogP contribution in [-0.2, 0) is 4.79 Å². The SMILES string of the molecule is CCN(CC(=O)N1CCNC1=O)CC1CCCNC1. The lowest BCUT2D eigenvalue weighted by atomic mass is 9.99. The molecule has 2 rings (SSSR count). The van der Waals surface area contributed by atoms with Gasteiger partial charge in [-0.1, -0.05) is 6.92 Å². The number of carbonyl (C=O) groups is 2. The van der Waals surface area contributed by atoms with Gasteiger partial charge in [-0.2, -0.15) is 0 Å². The number of hydrogen-bond donors (Lipinski definition) is 2. The van der Waals surface area contributed by atoms with E-state index in [2.05, 4.69) is 22.5 Å². The third kappa shape index (κ3) is 3.91. The lowest BCUT2D eigenvalue weighted by molar-refractivity contribution is -0.128. The highest BCUT2D eigenvalue weighted by Crippen LogP contribution is 2.12. The molecule has 2 aliphatic rings. The van der Waals surface area contributed by atoms with Gasteiger partial charge in [0, 0.05) is 19.6 Å². The first-order valence-corrected chi connectivity index (χ1v) is 7.22. The molecule has 0 radical (unpaired) electrons. The number of nitrogens with zero attached hydrogens (tertiary/aromatic N) is 2. The molecule has 0 aromatic rings. The quantitative estimate of drug-likeness (QED) is 0.728. The van der Waals surface area contributed by atoms with Gasteiger partial charge in [-0.15, -0.1) is 0 Å². The molecule has 2 aliphatic heterocycles. The zero-order chi connectivity index (χ0) is 13.7. The van der Waals surface area contributed by atoms with Crippen molar-refractivity contribution in [1.82, 2.24) is 20.4 Å². The minimum atomic E-state index is -0.250. The second-order valence-corrected chi connectivity index (χ2v) is 5.32. The Bertz CT molecular complexity index is 329. The predicted octanol–water partition coefficient (Wildman–Crippen LogP) is -0.140. The predicted molar refractivity (Wildman–Crippen MR) is 72.8 cm³/mol. The van der Waals surface area contributed by atoms with Crippen LogP contribution in [0.5, 0.6) is 0 Å². The van der Waals surface area contributed by atoms with E-state index < -0.39 is 0 Å². The maximum absolute atomic E-state index is 12.1. The Balaban J connectivity index is 1.80. The highest BCUT2D eigenvalue weighted by molar-refractivity contribution is 5.96. The van der Waals surface area contributed by atoms with Gasteiger partial charge in [-0.05, 0) is 38.4 Å². The van der Waals surface area contributed by atoms with Crippen molar-refractivity contribution in [2.45, 2.75) is 19.8 Å². The number of piperidine rings is 1. The van der Waals surface area contributed by atoms with Crippen LogP contribution in [0.1, 0.15) is 19.8 Å². The Morgan fingerprint density at radius 2 is 2.32 bits per heavy atom. The van der Waals surface area contributed by atoms with Crippen molar-refractivity contribution >= 4 is 11.9 Å². The number of carbonyl (C=O) groups excluding carboxylic acids is 2. The maximum Gasteiger partial charge on any atom is 0.324 e. The van der Waals surface area contributed by atoms with Crippen molar-refractivity contribution in [1.29, 1.82) is 0 Å². The zero-order valence-corrected chi connectivity index (χ0v) is 11.7. The van der Waals surface area contributed by atoms with E-state index in [1.54, 1.807) is 0 Å². The molecule has 2 N–H and O–H groups in total. The third-order valence-corrected chi connectivity index (χ3v) is 3.88. The Labute approximate surface area is 114 Å². The summed E-state index contributed by atoms with van der Waals surface area (Å²) in [6.07, 6.45) is 2.44. The van der Waals surface area contributed by atoms with Crippen molar-refractivity contribution in [2.75, 3.05) is 45.8 Å². The molecule has 2 fully saturated rings. The summed E-state index contributed by atoms with van der Waals surface area (Å²) in [5.74, 6) is 0.537. The van der Waals surface area contributed by atoms with Crippen LogP contribution in [0, 0.1) is 5.92 Å². The largest absolute Gasteiger partial charge is 0.336 e. The molecule has 6 nitrogen and oxygen atoms in total. The number of urea groups is 1. The summed E-state index contributed by atoms with van der Waals surface area (Å²) in [5, 5.41) is 6.05. The molecule has 0 aromatic carbocycles. The number of imide groups is 1. The van der Waals surface area contributed by atoms with E-state index in [0.29, 0.717) is 25.6 Å². The minimum absolute atomic E-state index is 0.0828. The first-order chi connectivity index (χ1) is 9.20. The number of nitrogens with one attached hydrogen (secondary N) is 2. The van der Waals surface area contributed by atoms with Crippen molar-refractivity contribution in [3.63, 3.8) is 0 Å². The molecule has 2 heterocycles. The van der Waals surface area contributed by atoms with E-state index in [9.17, 15) is 9.59 Å². The lowest BCUT2D eigenvalue weighted by Crippen LogP contribution is -2.45. The smallest absolute Gasteiger partial charge is 0.324 e. The van der Waals surface area contributed by atoms with Crippen molar-refractivity contribution in [2.24, 2.45) is 5.92 Å². The summed E-state index contributed by atoms with van der Waals surface area (Å²) in [6, 6.07) is -0.250. The van der Waals surface area contributed by atoms with Crippen molar-refractivity contribution in [3.8, 4) is 0 Å². The van der Waals surface area contributed by atoms with Crippen LogP contribution in [-0.4, -0.2) is 67.6 Å². The molecular weight excluding hydrogens is 244 g/mol. The molecule has 108 valence electrons. The first kappa shape index (κ1) is 14.3. The van der Waals surface area contributed by atoms with Gasteiger partial charge in [0.15, 0.2) is 0 Å². The minimum Gasteiger partial charge on any atom is -0.336 e. The van der Waals surface area contributed by atoms with Gasteiger partial charge >= 0.3 is 6.03 Å². The number of likely N-dealkylation sites (N-methyl/N-ethyl adjacent to an activating group) is 1. The molecular formula is C13H24N4O2. The Morgan fingerprint density at radius 3 is 2.89 bits per heavy atom. The van der Waals surface area contributed by atoms with Gasteiger partial charge < -0.3 is 10.6 Å². The molecule has 0 aromatic heterocycles. The second kappa shape index (κ2) is 6.86. The second-order valence-electron chi connectivity index (χ2n) is 5.32. The average Bonchev–Trinajstić information content (AvgIpc) is 2.85. The van der Waals surface area contributed by atoms with Crippen molar-refractivity contribution < 1.29 is 9.59 Å². The summed E-state index contributed by atoms with van der Waals surface area (Å²) in [7, 11) is 0. The Hall–Kier alpha value is -1.14. The Kier molecular flexibility index (Phi) is 5.15. The van der Waals surface area contributed by atoms with E-state index in [1.165, 1.54) is 17.7 Å². The number of rotatable bonds is 5. The van der Waals surface area contributed by atoms with E-state index in [4.69, 9.17) is 0 Å². The van der Waals surface area contributed by atoms with Crippen LogP contribution in [0.15, 0.2) is 0 Å². The lowest BCUT2D eigenvalue weighted by Gasteiger charge is -2.29. The van der Waals surface area contributed by atoms with Gasteiger partial charge in [0.1, 0.15) is 0 Å². The average molecular weight is 268 g/mol. The Morgan fingerprint density at radius 1 is 1.47 bits per heavy atom. The highest BCUT2D eigenvalue weighted by Gasteiger charge is 2.27. The van der Waals surface area contributed by atoms with E-state index in [1.807, 2.05) is 0 Å². The van der Waals surface area contributed by atoms with Gasteiger partial charge in [0.2, 0.25) is 5.91 Å². The number of hydrogen-bond acceptors (Lipinski definition) is 4. The van der Waals surface area contributed by atoms with Crippen LogP contribution in [0.4, 0.5) is 4.79 Å². The fourth-order valence-electron chi connectivity index (χ4n) is 2.74. The highest BCUT2D eigenvalue weighted by atomic mass is 16.2. The topological polar surface area (TPSA) is 64.7 Å². The third-order valence-electron chi connectivity index (χ3n) is 3.88. The van der Waals surface area contributed by atoms with E-state index in [0.717, 1.165) is 26.2 Å². The first-order valence-electron chi connectivity index (χ1n) is 7.22. The fraction of sp³-hybridized carbons (Fsp3) is 0.846. The number of amides is 3. The normalized spacial score (nSPS) is 23.8.